The second-order valence-electron chi connectivity index (χ2n) is 7.06. The maximum atomic E-state index is 12.6. The second-order valence-corrected chi connectivity index (χ2v) is 7.06. The lowest BCUT2D eigenvalue weighted by molar-refractivity contribution is -0.123. The van der Waals surface area contributed by atoms with E-state index in [2.05, 4.69) is 20.4 Å². The highest BCUT2D eigenvalue weighted by Gasteiger charge is 2.26. The van der Waals surface area contributed by atoms with Crippen LogP contribution in [-0.4, -0.2) is 21.0 Å². The minimum Gasteiger partial charge on any atom is -0.349 e. The molecule has 0 spiro atoms. The summed E-state index contributed by atoms with van der Waals surface area (Å²) in [6.45, 7) is 3.72. The SMILES string of the molecule is CC(C(=O)N[C@@H](C)c1ccccc1)c1nc(-c2ccnc(C3CC3)c2)no1. The number of rotatable bonds is 6. The molecular weight excluding hydrogens is 340 g/mol. The number of nitrogens with zero attached hydrogens (tertiary/aromatic N) is 3. The lowest BCUT2D eigenvalue weighted by Gasteiger charge is -2.16. The molecule has 1 unspecified atom stereocenters. The van der Waals surface area contributed by atoms with Crippen molar-refractivity contribution in [3.63, 3.8) is 0 Å². The molecule has 1 aliphatic carbocycles. The molecule has 2 atom stereocenters. The van der Waals surface area contributed by atoms with E-state index in [1.54, 1.807) is 13.1 Å². The van der Waals surface area contributed by atoms with Crippen molar-refractivity contribution >= 4 is 5.91 Å². The van der Waals surface area contributed by atoms with Crippen molar-refractivity contribution in [1.82, 2.24) is 20.4 Å². The van der Waals surface area contributed by atoms with Gasteiger partial charge in [-0.2, -0.15) is 4.98 Å². The van der Waals surface area contributed by atoms with Gasteiger partial charge in [0.2, 0.25) is 17.6 Å². The van der Waals surface area contributed by atoms with E-state index in [0.29, 0.717) is 17.6 Å². The van der Waals surface area contributed by atoms with E-state index < -0.39 is 5.92 Å². The van der Waals surface area contributed by atoms with Crippen molar-refractivity contribution in [2.45, 2.75) is 44.6 Å². The van der Waals surface area contributed by atoms with Crippen LogP contribution in [0, 0.1) is 0 Å². The van der Waals surface area contributed by atoms with Gasteiger partial charge in [-0.1, -0.05) is 35.5 Å². The molecular formula is C21H22N4O2. The molecule has 1 saturated carbocycles. The smallest absolute Gasteiger partial charge is 0.239 e. The van der Waals surface area contributed by atoms with Crippen LogP contribution in [0.25, 0.3) is 11.4 Å². The molecule has 0 aliphatic heterocycles. The maximum Gasteiger partial charge on any atom is 0.239 e. The summed E-state index contributed by atoms with van der Waals surface area (Å²) in [7, 11) is 0. The van der Waals surface area contributed by atoms with Crippen molar-refractivity contribution in [1.29, 1.82) is 0 Å². The van der Waals surface area contributed by atoms with Crippen LogP contribution in [0.15, 0.2) is 53.2 Å². The molecule has 1 aliphatic rings. The predicted octanol–water partition coefficient (Wildman–Crippen LogP) is 3.99. The fraction of sp³-hybridized carbons (Fsp3) is 0.333. The van der Waals surface area contributed by atoms with Crippen LogP contribution in [0.4, 0.5) is 0 Å². The van der Waals surface area contributed by atoms with E-state index in [1.807, 2.05) is 49.4 Å². The van der Waals surface area contributed by atoms with Gasteiger partial charge < -0.3 is 9.84 Å². The van der Waals surface area contributed by atoms with Crippen LogP contribution in [0.1, 0.15) is 61.7 Å². The molecule has 6 nitrogen and oxygen atoms in total. The molecule has 2 aromatic heterocycles. The van der Waals surface area contributed by atoms with Gasteiger partial charge in [-0.25, -0.2) is 0 Å². The molecule has 6 heteroatoms. The summed E-state index contributed by atoms with van der Waals surface area (Å²) in [5.74, 6) is 0.690. The number of pyridine rings is 1. The average molecular weight is 362 g/mol. The molecule has 2 heterocycles. The zero-order valence-corrected chi connectivity index (χ0v) is 15.4. The molecule has 0 radical (unpaired) electrons. The van der Waals surface area contributed by atoms with Crippen molar-refractivity contribution in [2.75, 3.05) is 0 Å². The van der Waals surface area contributed by atoms with Gasteiger partial charge in [0.25, 0.3) is 0 Å². The summed E-state index contributed by atoms with van der Waals surface area (Å²) in [4.78, 5) is 21.4. The highest BCUT2D eigenvalue weighted by Crippen LogP contribution is 2.39. The van der Waals surface area contributed by atoms with Crippen molar-refractivity contribution in [3.05, 3.63) is 65.8 Å². The molecule has 3 aromatic rings. The Bertz CT molecular complexity index is 934. The van der Waals surface area contributed by atoms with E-state index in [9.17, 15) is 4.79 Å². The lowest BCUT2D eigenvalue weighted by Crippen LogP contribution is -2.30. The van der Waals surface area contributed by atoms with Gasteiger partial charge in [-0.15, -0.1) is 0 Å². The van der Waals surface area contributed by atoms with Crippen LogP contribution in [0.5, 0.6) is 0 Å². The number of hydrogen-bond donors (Lipinski definition) is 1. The topological polar surface area (TPSA) is 80.9 Å². The molecule has 138 valence electrons. The number of hydrogen-bond acceptors (Lipinski definition) is 5. The first kappa shape index (κ1) is 17.4. The molecule has 4 rings (SSSR count). The number of nitrogens with one attached hydrogen (secondary N) is 1. The summed E-state index contributed by atoms with van der Waals surface area (Å²) < 4.78 is 5.36. The van der Waals surface area contributed by atoms with Gasteiger partial charge >= 0.3 is 0 Å². The van der Waals surface area contributed by atoms with Crippen LogP contribution < -0.4 is 5.32 Å². The first-order valence-corrected chi connectivity index (χ1v) is 9.27. The summed E-state index contributed by atoms with van der Waals surface area (Å²) in [6, 6.07) is 13.6. The van der Waals surface area contributed by atoms with E-state index in [1.165, 1.54) is 12.8 Å². The Hall–Kier alpha value is -3.02. The van der Waals surface area contributed by atoms with Crippen LogP contribution >= 0.6 is 0 Å². The van der Waals surface area contributed by atoms with Gasteiger partial charge in [0.1, 0.15) is 5.92 Å². The Balaban J connectivity index is 1.46. The quantitative estimate of drug-likeness (QED) is 0.717. The first-order valence-electron chi connectivity index (χ1n) is 9.27. The van der Waals surface area contributed by atoms with E-state index in [0.717, 1.165) is 16.8 Å². The fourth-order valence-electron chi connectivity index (χ4n) is 2.99. The number of carbonyl (C=O) groups excluding carboxylic acids is 1. The zero-order valence-electron chi connectivity index (χ0n) is 15.4. The minimum atomic E-state index is -0.526. The van der Waals surface area contributed by atoms with Crippen LogP contribution in [-0.2, 0) is 4.79 Å². The predicted molar refractivity (Wildman–Crippen MR) is 101 cm³/mol. The number of aromatic nitrogens is 3. The Morgan fingerprint density at radius 2 is 1.96 bits per heavy atom. The Morgan fingerprint density at radius 1 is 1.19 bits per heavy atom. The summed E-state index contributed by atoms with van der Waals surface area (Å²) >= 11 is 0. The molecule has 1 aromatic carbocycles. The van der Waals surface area contributed by atoms with Crippen molar-refractivity contribution < 1.29 is 9.32 Å². The normalized spacial score (nSPS) is 15.9. The van der Waals surface area contributed by atoms with Crippen molar-refractivity contribution in [3.8, 4) is 11.4 Å². The maximum absolute atomic E-state index is 12.6. The second kappa shape index (κ2) is 7.31. The van der Waals surface area contributed by atoms with Gasteiger partial charge in [0.05, 0.1) is 6.04 Å². The lowest BCUT2D eigenvalue weighted by atomic mass is 10.1. The zero-order chi connectivity index (χ0) is 18.8. The van der Waals surface area contributed by atoms with E-state index in [4.69, 9.17) is 4.52 Å². The van der Waals surface area contributed by atoms with Gasteiger partial charge in [0.15, 0.2) is 0 Å². The van der Waals surface area contributed by atoms with Crippen molar-refractivity contribution in [2.24, 2.45) is 0 Å². The van der Waals surface area contributed by atoms with Gasteiger partial charge in [0, 0.05) is 23.4 Å². The number of carbonyl (C=O) groups is 1. The summed E-state index contributed by atoms with van der Waals surface area (Å²) in [6.07, 6.45) is 4.15. The Morgan fingerprint density at radius 3 is 2.70 bits per heavy atom. The van der Waals surface area contributed by atoms with Gasteiger partial charge in [-0.05, 0) is 44.4 Å². The highest BCUT2D eigenvalue weighted by molar-refractivity contribution is 5.82. The Kier molecular flexibility index (Phi) is 4.71. The monoisotopic (exact) mass is 362 g/mol. The molecule has 1 fully saturated rings. The first-order chi connectivity index (χ1) is 13.1. The standard InChI is InChI=1S/C21H22N4O2/c1-13(20(26)23-14(2)15-6-4-3-5-7-15)21-24-19(25-27-21)17-10-11-22-18(12-17)16-8-9-16/h3-7,10-14,16H,8-9H2,1-2H3,(H,23,26)/t13?,14-/m0/s1. The molecule has 0 saturated heterocycles. The summed E-state index contributed by atoms with van der Waals surface area (Å²) in [5.41, 5.74) is 2.99. The molecule has 0 bridgehead atoms. The average Bonchev–Trinajstić information content (AvgIpc) is 3.44. The Labute approximate surface area is 158 Å². The summed E-state index contributed by atoms with van der Waals surface area (Å²) in [5, 5.41) is 7.05. The van der Waals surface area contributed by atoms with Crippen LogP contribution in [0.2, 0.25) is 0 Å². The highest BCUT2D eigenvalue weighted by atomic mass is 16.5. The van der Waals surface area contributed by atoms with Gasteiger partial charge in [-0.3, -0.25) is 9.78 Å². The fourth-order valence-corrected chi connectivity index (χ4v) is 2.99. The number of benzene rings is 1. The van der Waals surface area contributed by atoms with E-state index in [-0.39, 0.29) is 11.9 Å². The van der Waals surface area contributed by atoms with Crippen LogP contribution in [0.3, 0.4) is 0 Å². The molecule has 1 amide bonds. The third kappa shape index (κ3) is 3.89. The van der Waals surface area contributed by atoms with E-state index >= 15 is 0 Å². The largest absolute Gasteiger partial charge is 0.349 e. The number of amides is 1. The molecule has 27 heavy (non-hydrogen) atoms. The molecule has 1 N–H and O–H groups in total. The third-order valence-electron chi connectivity index (χ3n) is 4.90. The minimum absolute atomic E-state index is 0.0927. The third-order valence-corrected chi connectivity index (χ3v) is 4.90.